The monoisotopic (exact) mass is 375 g/mol. The first-order chi connectivity index (χ1) is 13.0. The molecule has 1 saturated heterocycles. The molecular weight excluding hydrogens is 346 g/mol. The van der Waals surface area contributed by atoms with Crippen LogP contribution >= 0.6 is 0 Å². The van der Waals surface area contributed by atoms with Crippen LogP contribution in [0, 0.1) is 5.92 Å². The largest absolute Gasteiger partial charge is 0.465 e. The third-order valence-electron chi connectivity index (χ3n) is 4.70. The summed E-state index contributed by atoms with van der Waals surface area (Å²) in [6, 6.07) is 9.92. The predicted molar refractivity (Wildman–Crippen MR) is 102 cm³/mol. The van der Waals surface area contributed by atoms with E-state index in [-0.39, 0.29) is 43.1 Å². The number of amides is 1. The number of methoxy groups -OCH3 is 1. The van der Waals surface area contributed by atoms with Crippen molar-refractivity contribution in [3.05, 3.63) is 48.6 Å². The van der Waals surface area contributed by atoms with Gasteiger partial charge in [-0.2, -0.15) is 0 Å². The molecule has 0 aromatic heterocycles. The molecule has 0 spiro atoms. The summed E-state index contributed by atoms with van der Waals surface area (Å²) < 4.78 is 16.4. The highest BCUT2D eigenvalue weighted by molar-refractivity contribution is 5.77. The van der Waals surface area contributed by atoms with Gasteiger partial charge in [-0.3, -0.25) is 9.59 Å². The number of carbonyl (C=O) groups is 2. The Morgan fingerprint density at radius 1 is 1.30 bits per heavy atom. The van der Waals surface area contributed by atoms with Gasteiger partial charge in [-0.15, -0.1) is 6.58 Å². The first-order valence-electron chi connectivity index (χ1n) is 9.26. The van der Waals surface area contributed by atoms with Crippen LogP contribution in [0.1, 0.15) is 31.7 Å². The molecule has 2 rings (SSSR count). The van der Waals surface area contributed by atoms with Gasteiger partial charge in [-0.05, 0) is 18.4 Å². The summed E-state index contributed by atoms with van der Waals surface area (Å²) in [6.45, 7) is 6.22. The normalized spacial score (nSPS) is 20.3. The fourth-order valence-corrected chi connectivity index (χ4v) is 3.26. The third kappa shape index (κ3) is 6.48. The summed E-state index contributed by atoms with van der Waals surface area (Å²) in [7, 11) is 1.61. The van der Waals surface area contributed by atoms with Crippen molar-refractivity contribution in [3.8, 4) is 0 Å². The molecule has 1 amide bonds. The highest BCUT2D eigenvalue weighted by Crippen LogP contribution is 2.27. The number of likely N-dealkylation sites (tertiary alicyclic amines) is 1. The zero-order chi connectivity index (χ0) is 19.6. The molecule has 3 atom stereocenters. The quantitative estimate of drug-likeness (QED) is 0.465. The zero-order valence-electron chi connectivity index (χ0n) is 16.1. The molecule has 0 saturated carbocycles. The summed E-state index contributed by atoms with van der Waals surface area (Å²) in [5.74, 6) is -0.618. The van der Waals surface area contributed by atoms with Crippen LogP contribution in [0.4, 0.5) is 0 Å². The minimum absolute atomic E-state index is 0.0228. The Morgan fingerprint density at radius 2 is 2.04 bits per heavy atom. The molecule has 1 heterocycles. The molecule has 1 aromatic rings. The minimum Gasteiger partial charge on any atom is -0.465 e. The van der Waals surface area contributed by atoms with E-state index in [1.165, 1.54) is 6.92 Å². The van der Waals surface area contributed by atoms with Crippen LogP contribution in [0.5, 0.6) is 0 Å². The average molecular weight is 375 g/mol. The van der Waals surface area contributed by atoms with Crippen LogP contribution < -0.4 is 0 Å². The van der Waals surface area contributed by atoms with E-state index in [1.54, 1.807) is 18.1 Å². The fraction of sp³-hybridized carbons (Fsp3) is 0.524. The van der Waals surface area contributed by atoms with Gasteiger partial charge in [0.2, 0.25) is 5.91 Å². The Balaban J connectivity index is 1.91. The number of hydrogen-bond acceptors (Lipinski definition) is 5. The molecule has 27 heavy (non-hydrogen) atoms. The van der Waals surface area contributed by atoms with Gasteiger partial charge in [0, 0.05) is 26.4 Å². The van der Waals surface area contributed by atoms with E-state index in [9.17, 15) is 9.59 Å². The van der Waals surface area contributed by atoms with Crippen LogP contribution in [0.3, 0.4) is 0 Å². The van der Waals surface area contributed by atoms with Gasteiger partial charge >= 0.3 is 5.97 Å². The van der Waals surface area contributed by atoms with Gasteiger partial charge in [0.25, 0.3) is 0 Å². The summed E-state index contributed by atoms with van der Waals surface area (Å²) in [4.78, 5) is 25.7. The van der Waals surface area contributed by atoms with Crippen molar-refractivity contribution < 1.29 is 23.8 Å². The second-order valence-corrected chi connectivity index (χ2v) is 6.73. The molecule has 1 aliphatic heterocycles. The number of rotatable bonds is 10. The van der Waals surface area contributed by atoms with Gasteiger partial charge in [-0.25, -0.2) is 0 Å². The van der Waals surface area contributed by atoms with E-state index < -0.39 is 0 Å². The number of nitrogens with zero attached hydrogens (tertiary/aromatic N) is 1. The molecule has 2 unspecified atom stereocenters. The van der Waals surface area contributed by atoms with Gasteiger partial charge < -0.3 is 19.1 Å². The average Bonchev–Trinajstić information content (AvgIpc) is 3.08. The highest BCUT2D eigenvalue weighted by Gasteiger charge is 2.37. The number of carbonyl (C=O) groups excluding carboxylic acids is 2. The van der Waals surface area contributed by atoms with E-state index in [1.807, 2.05) is 30.3 Å². The van der Waals surface area contributed by atoms with Crippen molar-refractivity contribution in [1.82, 2.24) is 4.90 Å². The lowest BCUT2D eigenvalue weighted by Gasteiger charge is -2.30. The smallest absolute Gasteiger partial charge is 0.302 e. The second kappa shape index (κ2) is 10.8. The van der Waals surface area contributed by atoms with Crippen molar-refractivity contribution in [3.63, 3.8) is 0 Å². The summed E-state index contributed by atoms with van der Waals surface area (Å²) >= 11 is 0. The maximum Gasteiger partial charge on any atom is 0.302 e. The lowest BCUT2D eigenvalue weighted by atomic mass is 10.1. The Kier molecular flexibility index (Phi) is 8.48. The second-order valence-electron chi connectivity index (χ2n) is 6.73. The van der Waals surface area contributed by atoms with E-state index >= 15 is 0 Å². The van der Waals surface area contributed by atoms with Crippen molar-refractivity contribution in [2.24, 2.45) is 5.92 Å². The third-order valence-corrected chi connectivity index (χ3v) is 4.70. The van der Waals surface area contributed by atoms with E-state index in [0.29, 0.717) is 13.2 Å². The van der Waals surface area contributed by atoms with Crippen LogP contribution in [-0.4, -0.2) is 49.4 Å². The van der Waals surface area contributed by atoms with Gasteiger partial charge in [-0.1, -0.05) is 36.4 Å². The van der Waals surface area contributed by atoms with Crippen molar-refractivity contribution >= 4 is 11.9 Å². The summed E-state index contributed by atoms with van der Waals surface area (Å²) in [6.07, 6.45) is 3.25. The standard InChI is InChI=1S/C21H29NO5/c1-4-17(14-27-16(2)23)12-20(24)22-19(10-11-21(22)25-3)15-26-13-18-8-6-5-7-9-18/h4-9,17,19,21H,1,10-15H2,2-3H3/t17?,19-,21?/m0/s1. The molecule has 148 valence electrons. The van der Waals surface area contributed by atoms with Crippen LogP contribution in [0.25, 0.3) is 0 Å². The topological polar surface area (TPSA) is 65.1 Å². The van der Waals surface area contributed by atoms with E-state index in [0.717, 1.165) is 18.4 Å². The molecule has 0 radical (unpaired) electrons. The van der Waals surface area contributed by atoms with Crippen LogP contribution in [-0.2, 0) is 30.4 Å². The molecule has 1 fully saturated rings. The van der Waals surface area contributed by atoms with Gasteiger partial charge in [0.15, 0.2) is 0 Å². The molecule has 1 aliphatic rings. The lowest BCUT2D eigenvalue weighted by molar-refractivity contribution is -0.148. The van der Waals surface area contributed by atoms with Crippen molar-refractivity contribution in [2.75, 3.05) is 20.3 Å². The van der Waals surface area contributed by atoms with Crippen LogP contribution in [0.15, 0.2) is 43.0 Å². The molecule has 6 heteroatoms. The molecular formula is C21H29NO5. The Labute approximate surface area is 161 Å². The Hall–Kier alpha value is -2.18. The fourth-order valence-electron chi connectivity index (χ4n) is 3.26. The van der Waals surface area contributed by atoms with Crippen molar-refractivity contribution in [2.45, 2.75) is 45.1 Å². The zero-order valence-corrected chi connectivity index (χ0v) is 16.1. The predicted octanol–water partition coefficient (Wildman–Crippen LogP) is 2.92. The summed E-state index contributed by atoms with van der Waals surface area (Å²) in [5.41, 5.74) is 1.10. The number of esters is 1. The Morgan fingerprint density at radius 3 is 2.67 bits per heavy atom. The van der Waals surface area contributed by atoms with E-state index in [2.05, 4.69) is 6.58 Å². The van der Waals surface area contributed by atoms with Crippen molar-refractivity contribution in [1.29, 1.82) is 0 Å². The highest BCUT2D eigenvalue weighted by atomic mass is 16.5. The minimum atomic E-state index is -0.363. The molecule has 0 aliphatic carbocycles. The molecule has 0 bridgehead atoms. The molecule has 6 nitrogen and oxygen atoms in total. The van der Waals surface area contributed by atoms with Gasteiger partial charge in [0.05, 0.1) is 25.9 Å². The first-order valence-corrected chi connectivity index (χ1v) is 9.26. The lowest BCUT2D eigenvalue weighted by Crippen LogP contribution is -2.44. The summed E-state index contributed by atoms with van der Waals surface area (Å²) in [5, 5.41) is 0. The Bertz CT molecular complexity index is 618. The van der Waals surface area contributed by atoms with E-state index in [4.69, 9.17) is 14.2 Å². The number of benzene rings is 1. The molecule has 0 N–H and O–H groups in total. The number of ether oxygens (including phenoxy) is 3. The van der Waals surface area contributed by atoms with Crippen LogP contribution in [0.2, 0.25) is 0 Å². The SMILES string of the molecule is C=CC(COC(C)=O)CC(=O)N1C(OC)CC[C@H]1COCc1ccccc1. The number of hydrogen-bond donors (Lipinski definition) is 0. The molecule has 1 aromatic carbocycles. The first kappa shape index (κ1) is 21.1. The maximum absolute atomic E-state index is 12.9. The maximum atomic E-state index is 12.9. The van der Waals surface area contributed by atoms with Gasteiger partial charge in [0.1, 0.15) is 6.23 Å².